The standard InChI is InChI=1S/C18H25N3/c1-3-9-19-12-16-11-15-6-4-5-7-17(15)20-18(16)21-10-8-14(2)13-21/h4-7,11,14,19H,3,8-10,12-13H2,1-2H3. The molecule has 1 fully saturated rings. The molecule has 1 atom stereocenters. The quantitative estimate of drug-likeness (QED) is 0.850. The number of para-hydroxylation sites is 1. The molecular weight excluding hydrogens is 258 g/mol. The average molecular weight is 283 g/mol. The van der Waals surface area contributed by atoms with E-state index in [-0.39, 0.29) is 0 Å². The minimum atomic E-state index is 0.773. The molecule has 0 saturated carbocycles. The van der Waals surface area contributed by atoms with E-state index in [4.69, 9.17) is 4.98 Å². The first kappa shape index (κ1) is 14.3. The first-order valence-corrected chi connectivity index (χ1v) is 8.12. The van der Waals surface area contributed by atoms with E-state index in [1.165, 1.54) is 23.2 Å². The molecule has 3 heteroatoms. The first-order valence-electron chi connectivity index (χ1n) is 8.12. The number of fused-ring (bicyclic) bond motifs is 1. The van der Waals surface area contributed by atoms with Gasteiger partial charge in [-0.3, -0.25) is 0 Å². The van der Waals surface area contributed by atoms with Gasteiger partial charge in [-0.05, 0) is 37.4 Å². The van der Waals surface area contributed by atoms with Crippen LogP contribution >= 0.6 is 0 Å². The van der Waals surface area contributed by atoms with E-state index >= 15 is 0 Å². The van der Waals surface area contributed by atoms with Gasteiger partial charge in [-0.15, -0.1) is 0 Å². The Hall–Kier alpha value is -1.61. The molecule has 3 rings (SSSR count). The zero-order chi connectivity index (χ0) is 14.7. The number of aromatic nitrogens is 1. The fraction of sp³-hybridized carbons (Fsp3) is 0.500. The van der Waals surface area contributed by atoms with Crippen LogP contribution in [0.5, 0.6) is 0 Å². The van der Waals surface area contributed by atoms with E-state index in [0.717, 1.165) is 44.0 Å². The Morgan fingerprint density at radius 2 is 2.19 bits per heavy atom. The van der Waals surface area contributed by atoms with Crippen molar-refractivity contribution < 1.29 is 0 Å². The predicted octanol–water partition coefficient (Wildman–Crippen LogP) is 3.58. The summed E-state index contributed by atoms with van der Waals surface area (Å²) < 4.78 is 0. The normalized spacial score (nSPS) is 18.6. The van der Waals surface area contributed by atoms with Crippen LogP contribution in [0.3, 0.4) is 0 Å². The molecule has 1 unspecified atom stereocenters. The number of nitrogens with one attached hydrogen (secondary N) is 1. The molecule has 1 aliphatic heterocycles. The topological polar surface area (TPSA) is 28.2 Å². The predicted molar refractivity (Wildman–Crippen MR) is 89.7 cm³/mol. The summed E-state index contributed by atoms with van der Waals surface area (Å²) >= 11 is 0. The number of hydrogen-bond donors (Lipinski definition) is 1. The monoisotopic (exact) mass is 283 g/mol. The molecule has 1 aliphatic rings. The van der Waals surface area contributed by atoms with Crippen molar-refractivity contribution in [3.05, 3.63) is 35.9 Å². The van der Waals surface area contributed by atoms with E-state index in [2.05, 4.69) is 54.4 Å². The summed E-state index contributed by atoms with van der Waals surface area (Å²) in [6, 6.07) is 10.7. The molecule has 1 aromatic heterocycles. The number of rotatable bonds is 5. The Morgan fingerprint density at radius 3 is 2.95 bits per heavy atom. The van der Waals surface area contributed by atoms with Crippen molar-refractivity contribution in [3.63, 3.8) is 0 Å². The van der Waals surface area contributed by atoms with E-state index in [9.17, 15) is 0 Å². The summed E-state index contributed by atoms with van der Waals surface area (Å²) in [4.78, 5) is 7.41. The lowest BCUT2D eigenvalue weighted by atomic mass is 10.1. The van der Waals surface area contributed by atoms with Crippen molar-refractivity contribution in [2.45, 2.75) is 33.2 Å². The van der Waals surface area contributed by atoms with Crippen LogP contribution in [0.4, 0.5) is 5.82 Å². The van der Waals surface area contributed by atoms with Crippen molar-refractivity contribution in [1.82, 2.24) is 10.3 Å². The van der Waals surface area contributed by atoms with Crippen LogP contribution in [0.15, 0.2) is 30.3 Å². The Bertz CT molecular complexity index is 608. The molecule has 2 heterocycles. The Morgan fingerprint density at radius 1 is 1.33 bits per heavy atom. The van der Waals surface area contributed by atoms with Gasteiger partial charge in [0.2, 0.25) is 0 Å². The van der Waals surface area contributed by atoms with E-state index < -0.39 is 0 Å². The van der Waals surface area contributed by atoms with Gasteiger partial charge >= 0.3 is 0 Å². The van der Waals surface area contributed by atoms with Gasteiger partial charge in [-0.2, -0.15) is 0 Å². The number of nitrogens with zero attached hydrogens (tertiary/aromatic N) is 2. The van der Waals surface area contributed by atoms with Crippen molar-refractivity contribution >= 4 is 16.7 Å². The highest BCUT2D eigenvalue weighted by Gasteiger charge is 2.22. The highest BCUT2D eigenvalue weighted by Crippen LogP contribution is 2.28. The lowest BCUT2D eigenvalue weighted by Gasteiger charge is -2.21. The second-order valence-electron chi connectivity index (χ2n) is 6.18. The van der Waals surface area contributed by atoms with Crippen LogP contribution in [-0.4, -0.2) is 24.6 Å². The van der Waals surface area contributed by atoms with Gasteiger partial charge in [-0.25, -0.2) is 4.98 Å². The SMILES string of the molecule is CCCNCc1cc2ccccc2nc1N1CCC(C)C1. The Labute approximate surface area is 127 Å². The number of anilines is 1. The zero-order valence-electron chi connectivity index (χ0n) is 13.1. The van der Waals surface area contributed by atoms with Gasteiger partial charge in [-0.1, -0.05) is 32.0 Å². The van der Waals surface area contributed by atoms with E-state index in [0.29, 0.717) is 0 Å². The average Bonchev–Trinajstić information content (AvgIpc) is 2.93. The van der Waals surface area contributed by atoms with Crippen LogP contribution in [0, 0.1) is 5.92 Å². The summed E-state index contributed by atoms with van der Waals surface area (Å²) in [7, 11) is 0. The van der Waals surface area contributed by atoms with Gasteiger partial charge in [0.25, 0.3) is 0 Å². The van der Waals surface area contributed by atoms with Crippen molar-refractivity contribution in [2.75, 3.05) is 24.5 Å². The third-order valence-electron chi connectivity index (χ3n) is 4.25. The smallest absolute Gasteiger partial charge is 0.133 e. The fourth-order valence-electron chi connectivity index (χ4n) is 3.08. The van der Waals surface area contributed by atoms with Crippen LogP contribution in [0.1, 0.15) is 32.3 Å². The van der Waals surface area contributed by atoms with Gasteiger partial charge in [0.05, 0.1) is 5.52 Å². The first-order chi connectivity index (χ1) is 10.3. The number of pyridine rings is 1. The minimum absolute atomic E-state index is 0.773. The molecule has 0 aliphatic carbocycles. The second kappa shape index (κ2) is 6.44. The van der Waals surface area contributed by atoms with Gasteiger partial charge in [0, 0.05) is 30.6 Å². The largest absolute Gasteiger partial charge is 0.356 e. The summed E-state index contributed by atoms with van der Waals surface area (Å²) in [5, 5.41) is 4.76. The summed E-state index contributed by atoms with van der Waals surface area (Å²) in [5.74, 6) is 1.95. The van der Waals surface area contributed by atoms with Crippen LogP contribution in [0.2, 0.25) is 0 Å². The second-order valence-corrected chi connectivity index (χ2v) is 6.18. The summed E-state index contributed by atoms with van der Waals surface area (Å²) in [6.07, 6.45) is 2.44. The molecule has 1 aromatic carbocycles. The highest BCUT2D eigenvalue weighted by atomic mass is 15.2. The van der Waals surface area contributed by atoms with Crippen molar-refractivity contribution in [2.24, 2.45) is 5.92 Å². The third-order valence-corrected chi connectivity index (χ3v) is 4.25. The summed E-state index contributed by atoms with van der Waals surface area (Å²) in [6.45, 7) is 8.76. The lowest BCUT2D eigenvalue weighted by Crippen LogP contribution is -2.24. The zero-order valence-corrected chi connectivity index (χ0v) is 13.1. The van der Waals surface area contributed by atoms with Crippen molar-refractivity contribution in [1.29, 1.82) is 0 Å². The van der Waals surface area contributed by atoms with E-state index in [1.807, 2.05) is 0 Å². The number of hydrogen-bond acceptors (Lipinski definition) is 3. The molecule has 0 radical (unpaired) electrons. The maximum absolute atomic E-state index is 4.96. The number of benzene rings is 1. The molecule has 1 saturated heterocycles. The lowest BCUT2D eigenvalue weighted by molar-refractivity contribution is 0.656. The molecule has 0 spiro atoms. The van der Waals surface area contributed by atoms with Gasteiger partial charge in [0.15, 0.2) is 0 Å². The molecule has 112 valence electrons. The molecule has 0 bridgehead atoms. The third kappa shape index (κ3) is 3.18. The minimum Gasteiger partial charge on any atom is -0.356 e. The Kier molecular flexibility index (Phi) is 4.39. The molecule has 1 N–H and O–H groups in total. The maximum Gasteiger partial charge on any atom is 0.133 e. The van der Waals surface area contributed by atoms with Crippen LogP contribution in [0.25, 0.3) is 10.9 Å². The molecular formula is C18H25N3. The Balaban J connectivity index is 1.95. The highest BCUT2D eigenvalue weighted by molar-refractivity contribution is 5.81. The van der Waals surface area contributed by atoms with Gasteiger partial charge < -0.3 is 10.2 Å². The van der Waals surface area contributed by atoms with E-state index in [1.54, 1.807) is 0 Å². The molecule has 0 amide bonds. The van der Waals surface area contributed by atoms with Crippen LogP contribution in [-0.2, 0) is 6.54 Å². The van der Waals surface area contributed by atoms with Gasteiger partial charge in [0.1, 0.15) is 5.82 Å². The maximum atomic E-state index is 4.96. The van der Waals surface area contributed by atoms with Crippen LogP contribution < -0.4 is 10.2 Å². The van der Waals surface area contributed by atoms with Crippen molar-refractivity contribution in [3.8, 4) is 0 Å². The fourth-order valence-corrected chi connectivity index (χ4v) is 3.08. The summed E-state index contributed by atoms with van der Waals surface area (Å²) in [5.41, 5.74) is 2.43. The molecule has 2 aromatic rings. The molecule has 21 heavy (non-hydrogen) atoms. The molecule has 3 nitrogen and oxygen atoms in total.